The van der Waals surface area contributed by atoms with Crippen LogP contribution in [0.25, 0.3) is 0 Å². The molecule has 4 nitrogen and oxygen atoms in total. The molecule has 0 radical (unpaired) electrons. The first kappa shape index (κ1) is 13.6. The monoisotopic (exact) mass is 274 g/mol. The van der Waals surface area contributed by atoms with Crippen molar-refractivity contribution in [1.29, 1.82) is 0 Å². The predicted molar refractivity (Wildman–Crippen MR) is 77.3 cm³/mol. The zero-order valence-electron chi connectivity index (χ0n) is 11.7. The third-order valence-electron chi connectivity index (χ3n) is 4.55. The average Bonchev–Trinajstić information content (AvgIpc) is 2.97. The van der Waals surface area contributed by atoms with Gasteiger partial charge in [0.2, 0.25) is 0 Å². The maximum absolute atomic E-state index is 12.3. The highest BCUT2D eigenvalue weighted by atomic mass is 16.5. The zero-order valence-corrected chi connectivity index (χ0v) is 11.7. The van der Waals surface area contributed by atoms with Crippen molar-refractivity contribution >= 4 is 5.91 Å². The highest BCUT2D eigenvalue weighted by molar-refractivity contribution is 5.94. The summed E-state index contributed by atoms with van der Waals surface area (Å²) >= 11 is 0. The van der Waals surface area contributed by atoms with Gasteiger partial charge in [-0.15, -0.1) is 0 Å². The van der Waals surface area contributed by atoms with Gasteiger partial charge >= 0.3 is 0 Å². The van der Waals surface area contributed by atoms with E-state index in [9.17, 15) is 4.79 Å². The first-order valence-electron chi connectivity index (χ1n) is 7.49. The van der Waals surface area contributed by atoms with Crippen molar-refractivity contribution in [3.63, 3.8) is 0 Å². The topological polar surface area (TPSA) is 64.4 Å². The Morgan fingerprint density at radius 2 is 2.05 bits per heavy atom. The number of hydrogen-bond acceptors (Lipinski definition) is 3. The van der Waals surface area contributed by atoms with Crippen molar-refractivity contribution in [2.75, 3.05) is 6.61 Å². The number of hydrogen-bond donors (Lipinski definition) is 2. The number of rotatable bonds is 3. The number of nitrogens with one attached hydrogen (secondary N) is 1. The van der Waals surface area contributed by atoms with Crippen LogP contribution < -0.4 is 11.1 Å². The van der Waals surface area contributed by atoms with Crippen LogP contribution >= 0.6 is 0 Å². The van der Waals surface area contributed by atoms with Crippen LogP contribution in [-0.2, 0) is 11.3 Å². The van der Waals surface area contributed by atoms with Crippen LogP contribution in [0.2, 0.25) is 0 Å². The second kappa shape index (κ2) is 5.94. The summed E-state index contributed by atoms with van der Waals surface area (Å²) in [6.07, 6.45) is 4.77. The van der Waals surface area contributed by atoms with E-state index in [0.717, 1.165) is 37.9 Å². The fourth-order valence-corrected chi connectivity index (χ4v) is 3.40. The highest BCUT2D eigenvalue weighted by Gasteiger charge is 2.38. The van der Waals surface area contributed by atoms with Gasteiger partial charge in [-0.3, -0.25) is 4.79 Å². The Morgan fingerprint density at radius 1 is 1.25 bits per heavy atom. The van der Waals surface area contributed by atoms with Crippen LogP contribution in [-0.4, -0.2) is 24.7 Å². The quantitative estimate of drug-likeness (QED) is 0.884. The van der Waals surface area contributed by atoms with Gasteiger partial charge in [0.15, 0.2) is 0 Å². The molecular weight excluding hydrogens is 252 g/mol. The van der Waals surface area contributed by atoms with E-state index in [1.54, 1.807) is 0 Å². The van der Waals surface area contributed by atoms with E-state index >= 15 is 0 Å². The summed E-state index contributed by atoms with van der Waals surface area (Å²) in [5.74, 6) is 0.516. The lowest BCUT2D eigenvalue weighted by Crippen LogP contribution is -2.45. The van der Waals surface area contributed by atoms with Crippen LogP contribution in [0, 0.1) is 5.92 Å². The minimum absolute atomic E-state index is 0.0196. The lowest BCUT2D eigenvalue weighted by Gasteiger charge is -2.33. The maximum atomic E-state index is 12.3. The van der Waals surface area contributed by atoms with Crippen molar-refractivity contribution in [3.05, 3.63) is 35.4 Å². The lowest BCUT2D eigenvalue weighted by atomic mass is 9.81. The Hall–Kier alpha value is -1.39. The molecule has 1 aromatic carbocycles. The number of benzene rings is 1. The van der Waals surface area contributed by atoms with Crippen LogP contribution in [0.15, 0.2) is 24.3 Å². The molecular formula is C16H22N2O2. The molecule has 108 valence electrons. The zero-order chi connectivity index (χ0) is 13.9. The predicted octanol–water partition coefficient (Wildman–Crippen LogP) is 1.83. The summed E-state index contributed by atoms with van der Waals surface area (Å²) < 4.78 is 5.74. The first-order chi connectivity index (χ1) is 9.78. The molecule has 2 fully saturated rings. The number of fused-ring (bicyclic) bond motifs is 1. The molecule has 1 aliphatic heterocycles. The smallest absolute Gasteiger partial charge is 0.251 e. The Balaban J connectivity index is 1.65. The van der Waals surface area contributed by atoms with Crippen molar-refractivity contribution in [2.45, 2.75) is 44.4 Å². The van der Waals surface area contributed by atoms with Crippen molar-refractivity contribution < 1.29 is 9.53 Å². The third-order valence-corrected chi connectivity index (χ3v) is 4.55. The van der Waals surface area contributed by atoms with Crippen LogP contribution in [0.5, 0.6) is 0 Å². The van der Waals surface area contributed by atoms with Gasteiger partial charge in [0, 0.05) is 30.7 Å². The van der Waals surface area contributed by atoms with E-state index < -0.39 is 0 Å². The average molecular weight is 274 g/mol. The molecule has 1 saturated heterocycles. The summed E-state index contributed by atoms with van der Waals surface area (Å²) in [6.45, 7) is 1.35. The van der Waals surface area contributed by atoms with Crippen molar-refractivity contribution in [1.82, 2.24) is 5.32 Å². The summed E-state index contributed by atoms with van der Waals surface area (Å²) in [4.78, 5) is 12.3. The van der Waals surface area contributed by atoms with Crippen LogP contribution in [0.3, 0.4) is 0 Å². The van der Waals surface area contributed by atoms with Gasteiger partial charge in [-0.2, -0.15) is 0 Å². The van der Waals surface area contributed by atoms with Crippen LogP contribution in [0.1, 0.15) is 41.6 Å². The van der Waals surface area contributed by atoms with Gasteiger partial charge in [0.1, 0.15) is 0 Å². The summed E-state index contributed by atoms with van der Waals surface area (Å²) in [5.41, 5.74) is 7.33. The molecule has 20 heavy (non-hydrogen) atoms. The number of amides is 1. The van der Waals surface area contributed by atoms with Gasteiger partial charge < -0.3 is 15.8 Å². The van der Waals surface area contributed by atoms with Crippen molar-refractivity contribution in [3.8, 4) is 0 Å². The van der Waals surface area contributed by atoms with Gasteiger partial charge in [0.05, 0.1) is 6.10 Å². The molecule has 0 spiro atoms. The summed E-state index contributed by atoms with van der Waals surface area (Å²) in [6, 6.07) is 7.79. The fraction of sp³-hybridized carbons (Fsp3) is 0.562. The van der Waals surface area contributed by atoms with E-state index in [1.165, 1.54) is 0 Å². The normalized spacial score (nSPS) is 28.9. The number of ether oxygens (including phenoxy) is 1. The summed E-state index contributed by atoms with van der Waals surface area (Å²) in [7, 11) is 0. The molecule has 0 unspecified atom stereocenters. The lowest BCUT2D eigenvalue weighted by molar-refractivity contribution is 0.0510. The Labute approximate surface area is 119 Å². The highest BCUT2D eigenvalue weighted by Crippen LogP contribution is 2.34. The number of carbonyl (C=O) groups is 1. The van der Waals surface area contributed by atoms with Gasteiger partial charge in [0.25, 0.3) is 5.91 Å². The minimum atomic E-state index is 0.0196. The van der Waals surface area contributed by atoms with E-state index in [2.05, 4.69) is 5.32 Å². The Kier molecular flexibility index (Phi) is 4.03. The third kappa shape index (κ3) is 2.72. The summed E-state index contributed by atoms with van der Waals surface area (Å²) in [5, 5.41) is 3.19. The van der Waals surface area contributed by atoms with E-state index in [0.29, 0.717) is 24.1 Å². The molecule has 1 aromatic rings. The number of nitrogens with two attached hydrogens (primary N) is 1. The molecule has 3 N–H and O–H groups in total. The molecule has 1 saturated carbocycles. The maximum Gasteiger partial charge on any atom is 0.251 e. The molecule has 1 aliphatic carbocycles. The Morgan fingerprint density at radius 3 is 2.80 bits per heavy atom. The first-order valence-corrected chi connectivity index (χ1v) is 7.49. The molecule has 0 aromatic heterocycles. The van der Waals surface area contributed by atoms with Gasteiger partial charge in [-0.25, -0.2) is 0 Å². The molecule has 3 atom stereocenters. The van der Waals surface area contributed by atoms with Gasteiger partial charge in [-0.1, -0.05) is 12.1 Å². The fourth-order valence-electron chi connectivity index (χ4n) is 3.40. The molecule has 2 aliphatic rings. The van der Waals surface area contributed by atoms with Crippen LogP contribution in [0.4, 0.5) is 0 Å². The molecule has 3 rings (SSSR count). The second-order valence-electron chi connectivity index (χ2n) is 5.77. The molecule has 4 heteroatoms. The van der Waals surface area contributed by atoms with E-state index in [4.69, 9.17) is 10.5 Å². The Bertz CT molecular complexity index is 472. The molecule has 1 amide bonds. The number of carbonyl (C=O) groups excluding carboxylic acids is 1. The van der Waals surface area contributed by atoms with E-state index in [-0.39, 0.29) is 11.9 Å². The molecule has 0 bridgehead atoms. The second-order valence-corrected chi connectivity index (χ2v) is 5.77. The van der Waals surface area contributed by atoms with Gasteiger partial charge in [-0.05, 0) is 43.4 Å². The van der Waals surface area contributed by atoms with Crippen molar-refractivity contribution in [2.24, 2.45) is 11.7 Å². The van der Waals surface area contributed by atoms with E-state index in [1.807, 2.05) is 24.3 Å². The minimum Gasteiger partial charge on any atom is -0.378 e. The standard InChI is InChI=1S/C16H22N2O2/c17-10-11-4-6-12(7-5-11)16(19)18-14-2-1-3-15-13(14)8-9-20-15/h4-7,13-15H,1-3,8-10,17H2,(H,18,19)/t13-,14+,15+/m0/s1. The molecule has 1 heterocycles. The SMILES string of the molecule is NCc1ccc(C(=O)N[C@@H]2CCC[C@H]3OCC[C@@H]23)cc1. The largest absolute Gasteiger partial charge is 0.378 e.